The van der Waals surface area contributed by atoms with Gasteiger partial charge in [0.05, 0.1) is 18.1 Å². The van der Waals surface area contributed by atoms with E-state index in [0.717, 1.165) is 5.56 Å². The van der Waals surface area contributed by atoms with Crippen LogP contribution in [-0.4, -0.2) is 17.1 Å². The molecule has 0 fully saturated rings. The first-order valence-corrected chi connectivity index (χ1v) is 4.43. The lowest BCUT2D eigenvalue weighted by atomic mass is 10.2. The van der Waals surface area contributed by atoms with Crippen molar-refractivity contribution in [2.45, 2.75) is 6.92 Å². The molecule has 0 atom stereocenters. The molecule has 0 amide bonds. The number of H-pyrrole nitrogens is 2. The van der Waals surface area contributed by atoms with Gasteiger partial charge in [-0.1, -0.05) is 0 Å². The Kier molecular flexibility index (Phi) is 2.07. The number of hydrogen-bond acceptors (Lipinski definition) is 3. The lowest BCUT2D eigenvalue weighted by Gasteiger charge is -2.05. The highest BCUT2D eigenvalue weighted by Gasteiger charge is 2.04. The quantitative estimate of drug-likeness (QED) is 0.668. The maximum absolute atomic E-state index is 11.1. The Balaban J connectivity index is 2.88. The zero-order valence-electron chi connectivity index (χ0n) is 8.38. The summed E-state index contributed by atoms with van der Waals surface area (Å²) < 4.78 is 5.11. The average Bonchev–Trinajstić information content (AvgIpc) is 2.20. The van der Waals surface area contributed by atoms with Gasteiger partial charge in [-0.3, -0.25) is 9.59 Å². The molecule has 0 saturated carbocycles. The zero-order chi connectivity index (χ0) is 11.0. The average molecular weight is 206 g/mol. The largest absolute Gasteiger partial charge is 0.496 e. The Bertz CT molecular complexity index is 625. The number of benzene rings is 1. The molecule has 0 aliphatic heterocycles. The number of fused-ring (bicyclic) bond motifs is 1. The molecule has 1 aromatic heterocycles. The van der Waals surface area contributed by atoms with E-state index in [-0.39, 0.29) is 0 Å². The number of rotatable bonds is 1. The molecule has 0 radical (unpaired) electrons. The van der Waals surface area contributed by atoms with E-state index in [0.29, 0.717) is 16.8 Å². The van der Waals surface area contributed by atoms with E-state index < -0.39 is 11.1 Å². The van der Waals surface area contributed by atoms with Gasteiger partial charge in [0, 0.05) is 6.07 Å². The Morgan fingerprint density at radius 3 is 2.13 bits per heavy atom. The lowest BCUT2D eigenvalue weighted by Crippen LogP contribution is -2.28. The van der Waals surface area contributed by atoms with Crippen molar-refractivity contribution < 1.29 is 4.74 Å². The Hall–Kier alpha value is -2.04. The van der Waals surface area contributed by atoms with Gasteiger partial charge in [-0.25, -0.2) is 0 Å². The molecule has 2 aromatic rings. The van der Waals surface area contributed by atoms with E-state index >= 15 is 0 Å². The second-order valence-electron chi connectivity index (χ2n) is 3.28. The van der Waals surface area contributed by atoms with E-state index in [9.17, 15) is 9.59 Å². The summed E-state index contributed by atoms with van der Waals surface area (Å²) in [6.07, 6.45) is 0. The number of aryl methyl sites for hydroxylation is 1. The molecule has 0 unspecified atom stereocenters. The van der Waals surface area contributed by atoms with Gasteiger partial charge in [0.2, 0.25) is 0 Å². The normalized spacial score (nSPS) is 10.5. The molecule has 0 aliphatic carbocycles. The van der Waals surface area contributed by atoms with Gasteiger partial charge in [0.1, 0.15) is 5.75 Å². The molecule has 5 heteroatoms. The topological polar surface area (TPSA) is 75.0 Å². The van der Waals surface area contributed by atoms with E-state index in [1.807, 2.05) is 6.92 Å². The van der Waals surface area contributed by atoms with Crippen LogP contribution < -0.4 is 15.9 Å². The smallest absolute Gasteiger partial charge is 0.314 e. The second-order valence-corrected chi connectivity index (χ2v) is 3.28. The van der Waals surface area contributed by atoms with E-state index in [1.54, 1.807) is 19.2 Å². The third kappa shape index (κ3) is 1.52. The minimum Gasteiger partial charge on any atom is -0.496 e. The predicted octanol–water partition coefficient (Wildman–Crippen LogP) is 0.533. The zero-order valence-corrected chi connectivity index (χ0v) is 8.38. The number of nitrogens with one attached hydrogen (secondary N) is 2. The van der Waals surface area contributed by atoms with Crippen molar-refractivity contribution >= 4 is 11.0 Å². The van der Waals surface area contributed by atoms with Crippen molar-refractivity contribution in [3.63, 3.8) is 0 Å². The van der Waals surface area contributed by atoms with E-state index in [4.69, 9.17) is 4.74 Å². The van der Waals surface area contributed by atoms with Crippen molar-refractivity contribution in [1.29, 1.82) is 0 Å². The number of aromatic amines is 2. The van der Waals surface area contributed by atoms with Crippen LogP contribution in [0.2, 0.25) is 0 Å². The summed E-state index contributed by atoms with van der Waals surface area (Å²) in [5.74, 6) is 0.671. The number of methoxy groups -OCH3 is 1. The molecule has 2 N–H and O–H groups in total. The van der Waals surface area contributed by atoms with Gasteiger partial charge in [-0.15, -0.1) is 0 Å². The highest BCUT2D eigenvalue weighted by Crippen LogP contribution is 2.21. The second kappa shape index (κ2) is 3.27. The fraction of sp³-hybridized carbons (Fsp3) is 0.200. The first-order chi connectivity index (χ1) is 7.11. The summed E-state index contributed by atoms with van der Waals surface area (Å²) in [6, 6.07) is 3.44. The Morgan fingerprint density at radius 1 is 1.07 bits per heavy atom. The minimum absolute atomic E-state index is 0.557. The van der Waals surface area contributed by atoms with Crippen molar-refractivity contribution in [2.24, 2.45) is 0 Å². The molecular formula is C10H10N2O3. The van der Waals surface area contributed by atoms with E-state index in [1.165, 1.54) is 0 Å². The monoisotopic (exact) mass is 206 g/mol. The van der Waals surface area contributed by atoms with Crippen LogP contribution in [0.25, 0.3) is 11.0 Å². The molecule has 0 spiro atoms. The minimum atomic E-state index is -0.659. The SMILES string of the molecule is COc1cc2[nH]c(=O)c(=O)[nH]c2cc1C. The lowest BCUT2D eigenvalue weighted by molar-refractivity contribution is 0.412. The standard InChI is InChI=1S/C10H10N2O3/c1-5-3-6-7(4-8(5)15-2)12-10(14)9(13)11-6/h3-4H,1-2H3,(H,11,13)(H,12,14). The van der Waals surface area contributed by atoms with Gasteiger partial charge in [-0.05, 0) is 18.6 Å². The Morgan fingerprint density at radius 2 is 1.60 bits per heavy atom. The summed E-state index contributed by atoms with van der Waals surface area (Å²) in [5.41, 5.74) is 0.744. The van der Waals surface area contributed by atoms with Crippen LogP contribution in [0.4, 0.5) is 0 Å². The molecule has 15 heavy (non-hydrogen) atoms. The summed E-state index contributed by atoms with van der Waals surface area (Å²) in [6.45, 7) is 1.86. The molecule has 78 valence electrons. The van der Waals surface area contributed by atoms with Crippen molar-refractivity contribution in [2.75, 3.05) is 7.11 Å². The highest BCUT2D eigenvalue weighted by molar-refractivity contribution is 5.76. The van der Waals surface area contributed by atoms with Crippen LogP contribution in [0.5, 0.6) is 5.75 Å². The van der Waals surface area contributed by atoms with Gasteiger partial charge in [-0.2, -0.15) is 0 Å². The van der Waals surface area contributed by atoms with Crippen LogP contribution in [-0.2, 0) is 0 Å². The summed E-state index contributed by atoms with van der Waals surface area (Å²) in [7, 11) is 1.55. The first kappa shape index (κ1) is 9.51. The fourth-order valence-corrected chi connectivity index (χ4v) is 1.47. The maximum atomic E-state index is 11.1. The van der Waals surface area contributed by atoms with Crippen LogP contribution in [0, 0.1) is 6.92 Å². The van der Waals surface area contributed by atoms with Crippen molar-refractivity contribution in [1.82, 2.24) is 9.97 Å². The van der Waals surface area contributed by atoms with Crippen LogP contribution >= 0.6 is 0 Å². The fourth-order valence-electron chi connectivity index (χ4n) is 1.47. The molecule has 0 saturated heterocycles. The van der Waals surface area contributed by atoms with Crippen LogP contribution in [0.1, 0.15) is 5.56 Å². The number of hydrogen-bond donors (Lipinski definition) is 2. The predicted molar refractivity (Wildman–Crippen MR) is 56.5 cm³/mol. The highest BCUT2D eigenvalue weighted by atomic mass is 16.5. The van der Waals surface area contributed by atoms with E-state index in [2.05, 4.69) is 9.97 Å². The number of ether oxygens (including phenoxy) is 1. The van der Waals surface area contributed by atoms with Crippen LogP contribution in [0.15, 0.2) is 21.7 Å². The molecule has 0 aliphatic rings. The summed E-state index contributed by atoms with van der Waals surface area (Å²) >= 11 is 0. The van der Waals surface area contributed by atoms with Gasteiger partial charge in [0.15, 0.2) is 0 Å². The molecular weight excluding hydrogens is 196 g/mol. The van der Waals surface area contributed by atoms with Gasteiger partial charge < -0.3 is 14.7 Å². The third-order valence-electron chi connectivity index (χ3n) is 2.24. The van der Waals surface area contributed by atoms with Crippen molar-refractivity contribution in [3.05, 3.63) is 38.4 Å². The summed E-state index contributed by atoms with van der Waals surface area (Å²) in [4.78, 5) is 27.1. The van der Waals surface area contributed by atoms with Crippen molar-refractivity contribution in [3.8, 4) is 5.75 Å². The molecule has 1 aromatic carbocycles. The molecule has 2 rings (SSSR count). The first-order valence-electron chi connectivity index (χ1n) is 4.43. The Labute approximate surface area is 84.7 Å². The van der Waals surface area contributed by atoms with Gasteiger partial charge in [0.25, 0.3) is 0 Å². The summed E-state index contributed by atoms with van der Waals surface area (Å²) in [5, 5.41) is 0. The molecule has 0 bridgehead atoms. The molecule has 1 heterocycles. The third-order valence-corrected chi connectivity index (χ3v) is 2.24. The maximum Gasteiger partial charge on any atom is 0.314 e. The van der Waals surface area contributed by atoms with Crippen LogP contribution in [0.3, 0.4) is 0 Å². The van der Waals surface area contributed by atoms with Gasteiger partial charge >= 0.3 is 11.1 Å². The number of aromatic nitrogens is 2. The molecule has 5 nitrogen and oxygen atoms in total.